The summed E-state index contributed by atoms with van der Waals surface area (Å²) >= 11 is 0. The van der Waals surface area contributed by atoms with Gasteiger partial charge in [0, 0.05) is 5.57 Å². The van der Waals surface area contributed by atoms with E-state index in [0.717, 1.165) is 33.4 Å². The van der Waals surface area contributed by atoms with Gasteiger partial charge in [-0.2, -0.15) is 0 Å². The van der Waals surface area contributed by atoms with Gasteiger partial charge in [0.05, 0.1) is 0 Å². The van der Waals surface area contributed by atoms with Crippen LogP contribution in [0.15, 0.2) is 84.9 Å². The number of hydrogen-bond acceptors (Lipinski definition) is 1. The number of hydrogen-bond donors (Lipinski definition) is 1. The van der Waals surface area contributed by atoms with Crippen LogP contribution in [0, 0.1) is 0 Å². The van der Waals surface area contributed by atoms with Gasteiger partial charge in [-0.25, -0.2) is 0 Å². The Kier molecular flexibility index (Phi) is 3.17. The predicted molar refractivity (Wildman–Crippen MR) is 94.8 cm³/mol. The molecule has 112 valence electrons. The fourth-order valence-electron chi connectivity index (χ4n) is 3.57. The van der Waals surface area contributed by atoms with Crippen LogP contribution in [0.1, 0.15) is 29.2 Å². The molecule has 0 saturated carbocycles. The molecule has 0 spiro atoms. The maximum atomic E-state index is 11.3. The first-order valence-corrected chi connectivity index (χ1v) is 7.87. The van der Waals surface area contributed by atoms with E-state index in [0.29, 0.717) is 0 Å². The summed E-state index contributed by atoms with van der Waals surface area (Å²) in [6, 6.07) is 28.6. The summed E-state index contributed by atoms with van der Waals surface area (Å²) in [5.74, 6) is 0. The maximum Gasteiger partial charge on any atom is 0.114 e. The molecule has 0 radical (unpaired) electrons. The zero-order valence-corrected chi connectivity index (χ0v) is 13.0. The second-order valence-corrected chi connectivity index (χ2v) is 6.10. The van der Waals surface area contributed by atoms with E-state index >= 15 is 0 Å². The van der Waals surface area contributed by atoms with Crippen molar-refractivity contribution >= 4 is 11.1 Å². The third kappa shape index (κ3) is 2.13. The van der Waals surface area contributed by atoms with Crippen molar-refractivity contribution in [2.24, 2.45) is 0 Å². The lowest BCUT2D eigenvalue weighted by atomic mass is 9.87. The number of fused-ring (bicyclic) bond motifs is 1. The van der Waals surface area contributed by atoms with Gasteiger partial charge in [-0.3, -0.25) is 0 Å². The monoisotopic (exact) mass is 298 g/mol. The lowest BCUT2D eigenvalue weighted by Crippen LogP contribution is -2.20. The fraction of sp³-hybridized carbons (Fsp3) is 0.0909. The Morgan fingerprint density at radius 2 is 1.17 bits per heavy atom. The van der Waals surface area contributed by atoms with Crippen molar-refractivity contribution in [1.29, 1.82) is 0 Å². The first-order valence-electron chi connectivity index (χ1n) is 7.87. The average Bonchev–Trinajstić information content (AvgIpc) is 2.84. The van der Waals surface area contributed by atoms with E-state index in [1.165, 1.54) is 0 Å². The van der Waals surface area contributed by atoms with Gasteiger partial charge in [-0.1, -0.05) is 84.9 Å². The minimum atomic E-state index is -0.997. The molecule has 1 heteroatoms. The maximum absolute atomic E-state index is 11.3. The molecule has 23 heavy (non-hydrogen) atoms. The van der Waals surface area contributed by atoms with Crippen molar-refractivity contribution < 1.29 is 5.11 Å². The third-order valence-electron chi connectivity index (χ3n) is 4.58. The van der Waals surface area contributed by atoms with Crippen LogP contribution in [-0.2, 0) is 5.60 Å². The minimum absolute atomic E-state index is 0.970. The smallest absolute Gasteiger partial charge is 0.114 e. The van der Waals surface area contributed by atoms with Crippen molar-refractivity contribution in [2.75, 3.05) is 0 Å². The van der Waals surface area contributed by atoms with Gasteiger partial charge in [0.2, 0.25) is 0 Å². The van der Waals surface area contributed by atoms with E-state index in [4.69, 9.17) is 0 Å². The van der Waals surface area contributed by atoms with Crippen LogP contribution in [0.3, 0.4) is 0 Å². The van der Waals surface area contributed by atoms with Crippen LogP contribution in [0.2, 0.25) is 0 Å². The Bertz CT molecular complexity index is 874. The molecular weight excluding hydrogens is 280 g/mol. The quantitative estimate of drug-likeness (QED) is 0.716. The average molecular weight is 298 g/mol. The van der Waals surface area contributed by atoms with E-state index in [1.54, 1.807) is 0 Å². The summed E-state index contributed by atoms with van der Waals surface area (Å²) in [5.41, 5.74) is 5.38. The van der Waals surface area contributed by atoms with Gasteiger partial charge in [0.25, 0.3) is 0 Å². The Morgan fingerprint density at radius 1 is 0.652 bits per heavy atom. The summed E-state index contributed by atoms with van der Waals surface area (Å²) in [7, 11) is 0. The van der Waals surface area contributed by atoms with Gasteiger partial charge < -0.3 is 5.11 Å². The molecule has 1 aliphatic carbocycles. The van der Waals surface area contributed by atoms with Crippen LogP contribution < -0.4 is 0 Å². The molecule has 0 aliphatic heterocycles. The van der Waals surface area contributed by atoms with Crippen LogP contribution >= 0.6 is 0 Å². The minimum Gasteiger partial charge on any atom is -0.381 e. The lowest BCUT2D eigenvalue weighted by Gasteiger charge is -2.23. The third-order valence-corrected chi connectivity index (χ3v) is 4.58. The van der Waals surface area contributed by atoms with Crippen molar-refractivity contribution in [3.63, 3.8) is 0 Å². The summed E-state index contributed by atoms with van der Waals surface area (Å²) in [6.07, 6.45) is 0. The van der Waals surface area contributed by atoms with Gasteiger partial charge in [0.1, 0.15) is 5.60 Å². The van der Waals surface area contributed by atoms with E-state index in [-0.39, 0.29) is 0 Å². The first-order chi connectivity index (χ1) is 11.2. The molecule has 3 aromatic carbocycles. The second-order valence-electron chi connectivity index (χ2n) is 6.10. The molecule has 0 heterocycles. The van der Waals surface area contributed by atoms with E-state index < -0.39 is 5.60 Å². The van der Waals surface area contributed by atoms with E-state index in [2.05, 4.69) is 30.3 Å². The molecular formula is C22H18O. The highest BCUT2D eigenvalue weighted by atomic mass is 16.3. The summed E-state index contributed by atoms with van der Waals surface area (Å²) < 4.78 is 0. The van der Waals surface area contributed by atoms with Crippen molar-refractivity contribution in [3.8, 4) is 0 Å². The van der Waals surface area contributed by atoms with Crippen LogP contribution in [0.25, 0.3) is 11.1 Å². The molecule has 0 aromatic heterocycles. The van der Waals surface area contributed by atoms with Crippen LogP contribution in [0.5, 0.6) is 0 Å². The molecule has 1 aliphatic rings. The summed E-state index contributed by atoms with van der Waals surface area (Å²) in [6.45, 7) is 1.89. The van der Waals surface area contributed by atoms with Crippen LogP contribution in [0.4, 0.5) is 0 Å². The topological polar surface area (TPSA) is 20.2 Å². The van der Waals surface area contributed by atoms with Gasteiger partial charge in [-0.15, -0.1) is 0 Å². The Labute approximate surface area is 136 Å². The molecule has 0 bridgehead atoms. The first kappa shape index (κ1) is 14.0. The molecule has 1 nitrogen and oxygen atoms in total. The molecule has 0 saturated heterocycles. The molecule has 1 atom stereocenters. The Hall–Kier alpha value is -2.64. The highest BCUT2D eigenvalue weighted by Gasteiger charge is 2.40. The standard InChI is InChI=1S/C22H18O/c1-22(23)19-15-9-8-14-18(19)20(16-10-4-2-5-11-16)21(22)17-12-6-3-7-13-17/h2-15,23H,1H3/t22-/m0/s1. The molecule has 0 fully saturated rings. The highest BCUT2D eigenvalue weighted by molar-refractivity contribution is 6.06. The predicted octanol–water partition coefficient (Wildman–Crippen LogP) is 4.87. The lowest BCUT2D eigenvalue weighted by molar-refractivity contribution is 0.125. The van der Waals surface area contributed by atoms with Crippen LogP contribution in [-0.4, -0.2) is 5.11 Å². The Morgan fingerprint density at radius 3 is 1.83 bits per heavy atom. The fourth-order valence-corrected chi connectivity index (χ4v) is 3.57. The van der Waals surface area contributed by atoms with E-state index in [9.17, 15) is 5.11 Å². The molecule has 1 N–H and O–H groups in total. The highest BCUT2D eigenvalue weighted by Crippen LogP contribution is 2.51. The van der Waals surface area contributed by atoms with E-state index in [1.807, 2.05) is 61.5 Å². The molecule has 4 rings (SSSR count). The zero-order valence-electron chi connectivity index (χ0n) is 13.0. The normalized spacial score (nSPS) is 19.7. The molecule has 0 unspecified atom stereocenters. The number of aliphatic hydroxyl groups is 1. The zero-order chi connectivity index (χ0) is 15.9. The summed E-state index contributed by atoms with van der Waals surface area (Å²) in [5, 5.41) is 11.3. The molecule has 3 aromatic rings. The largest absolute Gasteiger partial charge is 0.381 e. The Balaban J connectivity index is 2.08. The van der Waals surface area contributed by atoms with Gasteiger partial charge >= 0.3 is 0 Å². The second kappa shape index (κ2) is 5.22. The van der Waals surface area contributed by atoms with Gasteiger partial charge in [0.15, 0.2) is 0 Å². The van der Waals surface area contributed by atoms with Crippen molar-refractivity contribution in [3.05, 3.63) is 107 Å². The number of benzene rings is 3. The molecule has 0 amide bonds. The summed E-state index contributed by atoms with van der Waals surface area (Å²) in [4.78, 5) is 0. The number of rotatable bonds is 2. The van der Waals surface area contributed by atoms with Crippen molar-refractivity contribution in [2.45, 2.75) is 12.5 Å². The SMILES string of the molecule is C[C@@]1(O)C(c2ccccc2)=C(c2ccccc2)c2ccccc21. The van der Waals surface area contributed by atoms with Gasteiger partial charge in [-0.05, 0) is 34.8 Å². The van der Waals surface area contributed by atoms with Crippen molar-refractivity contribution in [1.82, 2.24) is 0 Å².